The number of ether oxygens (including phenoxy) is 2. The third-order valence-electron chi connectivity index (χ3n) is 5.20. The van der Waals surface area contributed by atoms with Crippen LogP contribution in [0.3, 0.4) is 0 Å². The zero-order valence-corrected chi connectivity index (χ0v) is 17.5. The van der Waals surface area contributed by atoms with Crippen LogP contribution in [0.5, 0.6) is 11.5 Å². The predicted molar refractivity (Wildman–Crippen MR) is 112 cm³/mol. The Morgan fingerprint density at radius 2 is 0.848 bits per heavy atom. The Morgan fingerprint density at radius 1 is 0.545 bits per heavy atom. The smallest absolute Gasteiger partial charge is 0.344 e. The monoisotopic (exact) mass is 464 g/mol. The predicted octanol–water partition coefficient (Wildman–Crippen LogP) is 8.18. The molecule has 3 aromatic carbocycles. The minimum Gasteiger partial charge on any atom is -0.428 e. The van der Waals surface area contributed by atoms with Gasteiger partial charge in [0.15, 0.2) is 0 Å². The van der Waals surface area contributed by atoms with E-state index in [0.29, 0.717) is 11.1 Å². The third-order valence-corrected chi connectivity index (χ3v) is 5.20. The molecule has 0 radical (unpaired) electrons. The van der Waals surface area contributed by atoms with E-state index in [2.05, 4.69) is 9.47 Å². The second-order valence-corrected chi connectivity index (χ2v) is 7.31. The van der Waals surface area contributed by atoms with E-state index in [1.165, 1.54) is 24.3 Å². The molecule has 0 atom stereocenters. The van der Waals surface area contributed by atoms with Crippen molar-refractivity contribution in [1.82, 2.24) is 0 Å². The number of halogens is 6. The summed E-state index contributed by atoms with van der Waals surface area (Å²) < 4.78 is 84.5. The molecule has 3 aromatic rings. The topological polar surface area (TPSA) is 18.5 Å². The summed E-state index contributed by atoms with van der Waals surface area (Å²) in [7, 11) is 0. The minimum absolute atomic E-state index is 0.116. The summed E-state index contributed by atoms with van der Waals surface area (Å²) in [6, 6.07) is 15.5. The quantitative estimate of drug-likeness (QED) is 0.199. The summed E-state index contributed by atoms with van der Waals surface area (Å²) in [6.07, 6.45) is -5.13. The first-order valence-corrected chi connectivity index (χ1v) is 9.66. The Labute approximate surface area is 186 Å². The maximum absolute atomic E-state index is 13.1. The first kappa shape index (κ1) is 24.0. The van der Waals surface area contributed by atoms with Gasteiger partial charge in [0.25, 0.3) is 0 Å². The molecule has 0 aliphatic carbocycles. The van der Waals surface area contributed by atoms with Crippen molar-refractivity contribution in [2.45, 2.75) is 19.3 Å². The average molecular weight is 464 g/mol. The van der Waals surface area contributed by atoms with Gasteiger partial charge in [0.1, 0.15) is 11.5 Å². The van der Waals surface area contributed by atoms with Crippen LogP contribution >= 0.6 is 0 Å². The zero-order chi connectivity index (χ0) is 24.2. The molecular formula is C25H18F6O2. The largest absolute Gasteiger partial charge is 0.428 e. The van der Waals surface area contributed by atoms with E-state index >= 15 is 0 Å². The fourth-order valence-corrected chi connectivity index (χ4v) is 3.38. The minimum atomic E-state index is -2.56. The Bertz CT molecular complexity index is 1090. The molecule has 0 aliphatic rings. The molecule has 8 heteroatoms. The molecule has 3 rings (SSSR count). The van der Waals surface area contributed by atoms with E-state index in [-0.39, 0.29) is 11.5 Å². The van der Waals surface area contributed by atoms with Crippen molar-refractivity contribution in [3.63, 3.8) is 0 Å². The van der Waals surface area contributed by atoms with Crippen molar-refractivity contribution in [3.8, 4) is 11.5 Å². The van der Waals surface area contributed by atoms with Crippen molar-refractivity contribution in [2.75, 3.05) is 0 Å². The molecule has 0 bridgehead atoms. The Hall–Kier alpha value is -3.68. The average Bonchev–Trinajstić information content (AvgIpc) is 2.79. The molecule has 0 fully saturated rings. The van der Waals surface area contributed by atoms with Gasteiger partial charge in [-0.05, 0) is 54.8 Å². The van der Waals surface area contributed by atoms with Gasteiger partial charge in [0.2, 0.25) is 0 Å². The normalized spacial score (nSPS) is 11.0. The summed E-state index contributed by atoms with van der Waals surface area (Å²) in [6.45, 7) is 3.82. The lowest BCUT2D eigenvalue weighted by atomic mass is 9.71. The lowest BCUT2D eigenvalue weighted by Gasteiger charge is -2.32. The fourth-order valence-electron chi connectivity index (χ4n) is 3.38. The van der Waals surface area contributed by atoms with Gasteiger partial charge in [-0.25, -0.2) is 0 Å². The van der Waals surface area contributed by atoms with Crippen molar-refractivity contribution in [1.29, 1.82) is 0 Å². The van der Waals surface area contributed by atoms with Crippen molar-refractivity contribution >= 4 is 0 Å². The summed E-state index contributed by atoms with van der Waals surface area (Å²) in [4.78, 5) is 0. The van der Waals surface area contributed by atoms with Crippen molar-refractivity contribution in [3.05, 3.63) is 119 Å². The van der Waals surface area contributed by atoms with Crippen molar-refractivity contribution in [2.24, 2.45) is 0 Å². The van der Waals surface area contributed by atoms with Crippen molar-refractivity contribution < 1.29 is 35.8 Å². The SMILES string of the molecule is Cc1ccc(C(C)(c2ccc(OC(F)=C(F)F)cc2)c2ccc(OC(F)=C(F)F)cc2)cc1. The highest BCUT2D eigenvalue weighted by Crippen LogP contribution is 2.40. The number of aryl methyl sites for hydroxylation is 1. The van der Waals surface area contributed by atoms with Gasteiger partial charge in [0.05, 0.1) is 0 Å². The lowest BCUT2D eigenvalue weighted by Crippen LogP contribution is -2.25. The fraction of sp³-hybridized carbons (Fsp3) is 0.120. The lowest BCUT2D eigenvalue weighted by molar-refractivity contribution is 0.241. The van der Waals surface area contributed by atoms with Gasteiger partial charge >= 0.3 is 24.2 Å². The maximum atomic E-state index is 13.1. The molecular weight excluding hydrogens is 446 g/mol. The first-order chi connectivity index (χ1) is 15.6. The van der Waals surface area contributed by atoms with Gasteiger partial charge in [-0.3, -0.25) is 0 Å². The van der Waals surface area contributed by atoms with Crippen LogP contribution in [-0.4, -0.2) is 0 Å². The highest BCUT2D eigenvalue weighted by molar-refractivity contribution is 5.51. The van der Waals surface area contributed by atoms with E-state index in [0.717, 1.165) is 11.1 Å². The molecule has 2 nitrogen and oxygen atoms in total. The van der Waals surface area contributed by atoms with E-state index in [9.17, 15) is 26.3 Å². The molecule has 0 aromatic heterocycles. The maximum Gasteiger partial charge on any atom is 0.344 e. The third kappa shape index (κ3) is 5.39. The van der Waals surface area contributed by atoms with Crippen LogP contribution in [0.2, 0.25) is 0 Å². The second-order valence-electron chi connectivity index (χ2n) is 7.31. The number of rotatable bonds is 7. The molecule has 0 N–H and O–H groups in total. The van der Waals surface area contributed by atoms with E-state index < -0.39 is 29.6 Å². The second kappa shape index (κ2) is 9.85. The van der Waals surface area contributed by atoms with Crippen LogP contribution in [0, 0.1) is 6.92 Å². The Balaban J connectivity index is 2.04. The number of benzene rings is 3. The van der Waals surface area contributed by atoms with E-state index in [1.807, 2.05) is 38.1 Å². The molecule has 0 aliphatic heterocycles. The van der Waals surface area contributed by atoms with Gasteiger partial charge in [0, 0.05) is 5.41 Å². The molecule has 0 spiro atoms. The number of hydrogen-bond donors (Lipinski definition) is 0. The zero-order valence-electron chi connectivity index (χ0n) is 17.5. The van der Waals surface area contributed by atoms with Crippen LogP contribution < -0.4 is 9.47 Å². The molecule has 0 amide bonds. The summed E-state index contributed by atoms with van der Waals surface area (Å²) >= 11 is 0. The summed E-state index contributed by atoms with van der Waals surface area (Å²) in [5.41, 5.74) is 2.50. The van der Waals surface area contributed by atoms with E-state index in [4.69, 9.17) is 0 Å². The first-order valence-electron chi connectivity index (χ1n) is 9.66. The molecule has 172 valence electrons. The van der Waals surface area contributed by atoms with Gasteiger partial charge in [-0.2, -0.15) is 26.3 Å². The molecule has 0 saturated carbocycles. The Kier molecular flexibility index (Phi) is 7.16. The van der Waals surface area contributed by atoms with Crippen LogP contribution in [0.4, 0.5) is 26.3 Å². The van der Waals surface area contributed by atoms with Gasteiger partial charge < -0.3 is 9.47 Å². The molecule has 0 saturated heterocycles. The van der Waals surface area contributed by atoms with Gasteiger partial charge in [-0.15, -0.1) is 0 Å². The van der Waals surface area contributed by atoms with Gasteiger partial charge in [-0.1, -0.05) is 54.1 Å². The van der Waals surface area contributed by atoms with E-state index in [1.54, 1.807) is 24.3 Å². The standard InChI is InChI=1S/C25H18F6O2/c1-15-3-5-16(6-4-15)25(2,17-7-11-19(12-8-17)32-23(30)21(26)27)18-9-13-20(14-10-18)33-24(31)22(28)29/h3-14H,1-2H3. The molecule has 0 heterocycles. The molecule has 33 heavy (non-hydrogen) atoms. The van der Waals surface area contributed by atoms with Crippen LogP contribution in [-0.2, 0) is 5.41 Å². The number of hydrogen-bond acceptors (Lipinski definition) is 2. The summed E-state index contributed by atoms with van der Waals surface area (Å²) in [5.74, 6) is -0.232. The summed E-state index contributed by atoms with van der Waals surface area (Å²) in [5, 5.41) is 0. The highest BCUT2D eigenvalue weighted by atomic mass is 19.3. The Morgan fingerprint density at radius 3 is 1.15 bits per heavy atom. The van der Waals surface area contributed by atoms with Crippen LogP contribution in [0.15, 0.2) is 97.0 Å². The highest BCUT2D eigenvalue weighted by Gasteiger charge is 2.31. The molecule has 0 unspecified atom stereocenters. The van der Waals surface area contributed by atoms with Crippen LogP contribution in [0.25, 0.3) is 0 Å². The van der Waals surface area contributed by atoms with Crippen LogP contribution in [0.1, 0.15) is 29.2 Å².